The molecule has 26 heavy (non-hydrogen) atoms. The van der Waals surface area contributed by atoms with Gasteiger partial charge in [0.1, 0.15) is 11.8 Å². The van der Waals surface area contributed by atoms with E-state index in [1.54, 1.807) is 12.5 Å². The molecule has 3 N–H and O–H groups in total. The van der Waals surface area contributed by atoms with Gasteiger partial charge in [0.15, 0.2) is 5.65 Å². The lowest BCUT2D eigenvalue weighted by molar-refractivity contribution is -0.121. The van der Waals surface area contributed by atoms with Crippen molar-refractivity contribution in [2.45, 2.75) is 38.6 Å². The predicted molar refractivity (Wildman–Crippen MR) is 100.0 cm³/mol. The van der Waals surface area contributed by atoms with E-state index in [1.807, 2.05) is 4.57 Å². The molecule has 2 aromatic heterocycles. The van der Waals surface area contributed by atoms with Crippen molar-refractivity contribution in [1.82, 2.24) is 19.5 Å². The number of aryl methyl sites for hydroxylation is 1. The molecule has 0 spiro atoms. The number of imidazole rings is 1. The summed E-state index contributed by atoms with van der Waals surface area (Å²) in [5.74, 6) is 0.276. The van der Waals surface area contributed by atoms with E-state index in [0.717, 1.165) is 42.5 Å². The first kappa shape index (κ1) is 16.5. The largest absolute Gasteiger partial charge is 0.369 e. The van der Waals surface area contributed by atoms with Crippen molar-refractivity contribution in [3.63, 3.8) is 0 Å². The lowest BCUT2D eigenvalue weighted by Gasteiger charge is -2.12. The summed E-state index contributed by atoms with van der Waals surface area (Å²) in [7, 11) is 0. The van der Waals surface area contributed by atoms with Crippen LogP contribution in [-0.4, -0.2) is 31.5 Å². The smallest absolute Gasteiger partial charge is 0.224 e. The lowest BCUT2D eigenvalue weighted by atomic mass is 10.1. The summed E-state index contributed by atoms with van der Waals surface area (Å²) in [5.41, 5.74) is 9.23. The van der Waals surface area contributed by atoms with Crippen LogP contribution < -0.4 is 11.1 Å². The molecule has 1 fully saturated rings. The molecule has 1 saturated carbocycles. The summed E-state index contributed by atoms with van der Waals surface area (Å²) < 4.78 is 1.96. The average Bonchev–Trinajstić information content (AvgIpc) is 3.29. The highest BCUT2D eigenvalue weighted by Gasteiger charge is 2.28. The molecule has 1 aromatic carbocycles. The number of rotatable bonds is 5. The second-order valence-electron chi connectivity index (χ2n) is 6.79. The highest BCUT2D eigenvalue weighted by Crippen LogP contribution is 2.27. The predicted octanol–water partition coefficient (Wildman–Crippen LogP) is 2.44. The minimum atomic E-state index is -0.223. The van der Waals surface area contributed by atoms with Crippen molar-refractivity contribution in [3.8, 4) is 5.69 Å². The Hall–Kier alpha value is -2.96. The Bertz CT molecular complexity index is 933. The number of fused-ring (bicyclic) bond motifs is 1. The number of primary amides is 1. The van der Waals surface area contributed by atoms with E-state index in [2.05, 4.69) is 51.5 Å². The van der Waals surface area contributed by atoms with Gasteiger partial charge in [-0.3, -0.25) is 9.36 Å². The van der Waals surface area contributed by atoms with Gasteiger partial charge < -0.3 is 11.1 Å². The second kappa shape index (κ2) is 6.74. The van der Waals surface area contributed by atoms with Crippen LogP contribution in [0, 0.1) is 5.92 Å². The zero-order valence-corrected chi connectivity index (χ0v) is 14.7. The fourth-order valence-electron chi connectivity index (χ4n) is 3.51. The first-order chi connectivity index (χ1) is 12.6. The van der Waals surface area contributed by atoms with Gasteiger partial charge in [-0.25, -0.2) is 9.97 Å². The van der Waals surface area contributed by atoms with Crippen molar-refractivity contribution >= 4 is 23.0 Å². The Kier molecular flexibility index (Phi) is 4.28. The van der Waals surface area contributed by atoms with Gasteiger partial charge in [0.2, 0.25) is 11.9 Å². The maximum absolute atomic E-state index is 11.3. The van der Waals surface area contributed by atoms with E-state index >= 15 is 0 Å². The van der Waals surface area contributed by atoms with Crippen LogP contribution in [0.1, 0.15) is 31.7 Å². The molecule has 2 unspecified atom stereocenters. The van der Waals surface area contributed by atoms with E-state index in [0.29, 0.717) is 5.95 Å². The summed E-state index contributed by atoms with van der Waals surface area (Å²) in [6, 6.07) is 8.55. The van der Waals surface area contributed by atoms with Crippen LogP contribution in [0.4, 0.5) is 5.95 Å². The Morgan fingerprint density at radius 3 is 2.77 bits per heavy atom. The van der Waals surface area contributed by atoms with E-state index in [4.69, 9.17) is 5.73 Å². The van der Waals surface area contributed by atoms with Gasteiger partial charge in [-0.2, -0.15) is 4.98 Å². The molecule has 2 heterocycles. The van der Waals surface area contributed by atoms with Gasteiger partial charge >= 0.3 is 0 Å². The third-order valence-corrected chi connectivity index (χ3v) is 5.08. The number of nitrogens with zero attached hydrogens (tertiary/aromatic N) is 4. The topological polar surface area (TPSA) is 98.7 Å². The quantitative estimate of drug-likeness (QED) is 0.736. The van der Waals surface area contributed by atoms with Gasteiger partial charge in [-0.05, 0) is 43.4 Å². The van der Waals surface area contributed by atoms with Crippen LogP contribution in [-0.2, 0) is 11.2 Å². The van der Waals surface area contributed by atoms with Gasteiger partial charge in [0, 0.05) is 17.6 Å². The summed E-state index contributed by atoms with van der Waals surface area (Å²) in [5, 5.41) is 3.33. The number of nitrogens with two attached hydrogens (primary N) is 1. The lowest BCUT2D eigenvalue weighted by Crippen LogP contribution is -2.23. The maximum atomic E-state index is 11.3. The average molecular weight is 350 g/mol. The van der Waals surface area contributed by atoms with E-state index in [-0.39, 0.29) is 17.9 Å². The molecular formula is C19H22N6O. The number of carbonyl (C=O) groups excluding carboxylic acids is 1. The van der Waals surface area contributed by atoms with Crippen LogP contribution in [0.15, 0.2) is 36.8 Å². The molecular weight excluding hydrogens is 328 g/mol. The number of nitrogens with one attached hydrogen (secondary N) is 1. The molecule has 1 aliphatic carbocycles. The Balaban J connectivity index is 1.59. The molecule has 7 nitrogen and oxygen atoms in total. The van der Waals surface area contributed by atoms with Crippen LogP contribution in [0.25, 0.3) is 16.9 Å². The normalized spacial score (nSPS) is 19.7. The molecule has 0 saturated heterocycles. The van der Waals surface area contributed by atoms with Crippen molar-refractivity contribution in [2.75, 3.05) is 5.32 Å². The molecule has 1 amide bonds. The van der Waals surface area contributed by atoms with Crippen molar-refractivity contribution < 1.29 is 4.79 Å². The first-order valence-corrected chi connectivity index (χ1v) is 8.99. The molecule has 134 valence electrons. The van der Waals surface area contributed by atoms with Crippen molar-refractivity contribution in [3.05, 3.63) is 42.4 Å². The fraction of sp³-hybridized carbons (Fsp3) is 0.368. The summed E-state index contributed by atoms with van der Waals surface area (Å²) in [6.45, 7) is 2.14. The number of hydrogen-bond donors (Lipinski definition) is 2. The molecule has 3 aromatic rings. The maximum Gasteiger partial charge on any atom is 0.224 e. The molecule has 0 radical (unpaired) electrons. The van der Waals surface area contributed by atoms with Gasteiger partial charge in [-0.1, -0.05) is 19.1 Å². The highest BCUT2D eigenvalue weighted by atomic mass is 16.1. The zero-order chi connectivity index (χ0) is 18.1. The number of benzene rings is 1. The number of amides is 1. The summed E-state index contributed by atoms with van der Waals surface area (Å²) in [4.78, 5) is 24.7. The monoisotopic (exact) mass is 350 g/mol. The fourth-order valence-corrected chi connectivity index (χ4v) is 3.51. The van der Waals surface area contributed by atoms with Gasteiger partial charge in [0.05, 0.1) is 6.20 Å². The number of hydrogen-bond acceptors (Lipinski definition) is 5. The molecule has 4 rings (SSSR count). The van der Waals surface area contributed by atoms with Gasteiger partial charge in [0.25, 0.3) is 0 Å². The van der Waals surface area contributed by atoms with Crippen LogP contribution in [0.5, 0.6) is 0 Å². The number of aromatic nitrogens is 4. The number of anilines is 1. The minimum Gasteiger partial charge on any atom is -0.369 e. The molecule has 0 bridgehead atoms. The summed E-state index contributed by atoms with van der Waals surface area (Å²) >= 11 is 0. The molecule has 7 heteroatoms. The minimum absolute atomic E-state index is 0.0566. The third-order valence-electron chi connectivity index (χ3n) is 5.08. The van der Waals surface area contributed by atoms with E-state index in [1.165, 1.54) is 5.56 Å². The second-order valence-corrected chi connectivity index (χ2v) is 6.79. The van der Waals surface area contributed by atoms with Crippen LogP contribution in [0.3, 0.4) is 0 Å². The highest BCUT2D eigenvalue weighted by molar-refractivity contribution is 5.77. The first-order valence-electron chi connectivity index (χ1n) is 8.99. The Morgan fingerprint density at radius 1 is 1.27 bits per heavy atom. The Labute approximate surface area is 151 Å². The van der Waals surface area contributed by atoms with E-state index in [9.17, 15) is 4.79 Å². The van der Waals surface area contributed by atoms with Crippen molar-refractivity contribution in [1.29, 1.82) is 0 Å². The standard InChI is InChI=1S/C19H22N6O/c1-2-12-3-7-15(8-4-12)25-11-22-16-10-21-19(24-18(16)25)23-14-6-5-13(9-14)17(20)26/h3-4,7-8,10-11,13-14H,2,5-6,9H2,1H3,(H2,20,26)(H,21,23,24). The van der Waals surface area contributed by atoms with Crippen LogP contribution >= 0.6 is 0 Å². The number of carbonyl (C=O) groups is 1. The third kappa shape index (κ3) is 3.12. The van der Waals surface area contributed by atoms with Gasteiger partial charge in [-0.15, -0.1) is 0 Å². The molecule has 1 aliphatic rings. The van der Waals surface area contributed by atoms with Crippen molar-refractivity contribution in [2.24, 2.45) is 11.7 Å². The summed E-state index contributed by atoms with van der Waals surface area (Å²) in [6.07, 6.45) is 6.94. The SMILES string of the molecule is CCc1ccc(-n2cnc3cnc(NC4CCC(C(N)=O)C4)nc32)cc1. The zero-order valence-electron chi connectivity index (χ0n) is 14.7. The molecule has 0 aliphatic heterocycles. The van der Waals surface area contributed by atoms with Crippen LogP contribution in [0.2, 0.25) is 0 Å². The Morgan fingerprint density at radius 2 is 2.08 bits per heavy atom. The van der Waals surface area contributed by atoms with E-state index < -0.39 is 0 Å². The molecule has 2 atom stereocenters.